The highest BCUT2D eigenvalue weighted by Crippen LogP contribution is 2.19. The van der Waals surface area contributed by atoms with E-state index in [2.05, 4.69) is 4.74 Å². The molecule has 0 bridgehead atoms. The summed E-state index contributed by atoms with van der Waals surface area (Å²) in [6.45, 7) is 0. The predicted molar refractivity (Wildman–Crippen MR) is 55.9 cm³/mol. The van der Waals surface area contributed by atoms with Crippen LogP contribution in [0.3, 0.4) is 0 Å². The van der Waals surface area contributed by atoms with Crippen LogP contribution in [0.2, 0.25) is 5.02 Å². The van der Waals surface area contributed by atoms with Gasteiger partial charge in [-0.2, -0.15) is 0 Å². The second-order valence-corrected chi connectivity index (χ2v) is 5.39. The number of rotatable bonds is 2. The van der Waals surface area contributed by atoms with E-state index in [9.17, 15) is 13.2 Å². The minimum Gasteiger partial charge on any atom is -0.465 e. The van der Waals surface area contributed by atoms with Crippen LogP contribution in [0.1, 0.15) is 10.4 Å². The van der Waals surface area contributed by atoms with Crippen molar-refractivity contribution in [3.05, 3.63) is 28.8 Å². The van der Waals surface area contributed by atoms with Crippen LogP contribution in [0.4, 0.5) is 0 Å². The first kappa shape index (κ1) is 12.0. The van der Waals surface area contributed by atoms with Crippen molar-refractivity contribution in [2.75, 3.05) is 13.4 Å². The molecule has 0 N–H and O–H groups in total. The SMILES string of the molecule is COC(=O)c1cc(Cl)cc(S(C)(=O)=O)c1. The molecule has 1 rings (SSSR count). The van der Waals surface area contributed by atoms with E-state index in [1.54, 1.807) is 0 Å². The summed E-state index contributed by atoms with van der Waals surface area (Å²) in [6.07, 6.45) is 1.04. The van der Waals surface area contributed by atoms with Crippen LogP contribution in [0.5, 0.6) is 0 Å². The average molecular weight is 249 g/mol. The molecule has 0 radical (unpaired) electrons. The zero-order chi connectivity index (χ0) is 11.6. The number of hydrogen-bond donors (Lipinski definition) is 0. The van der Waals surface area contributed by atoms with Gasteiger partial charge in [0, 0.05) is 11.3 Å². The second kappa shape index (κ2) is 4.20. The number of sulfone groups is 1. The summed E-state index contributed by atoms with van der Waals surface area (Å²) >= 11 is 5.68. The molecule has 1 aromatic carbocycles. The van der Waals surface area contributed by atoms with Crippen molar-refractivity contribution >= 4 is 27.4 Å². The Labute approximate surface area is 92.7 Å². The Morgan fingerprint density at radius 3 is 2.40 bits per heavy atom. The number of ether oxygens (including phenoxy) is 1. The lowest BCUT2D eigenvalue weighted by atomic mass is 10.2. The highest BCUT2D eigenvalue weighted by atomic mass is 35.5. The quantitative estimate of drug-likeness (QED) is 0.745. The normalized spacial score (nSPS) is 11.1. The van der Waals surface area contributed by atoms with E-state index in [1.165, 1.54) is 25.3 Å². The van der Waals surface area contributed by atoms with Gasteiger partial charge in [0.15, 0.2) is 9.84 Å². The van der Waals surface area contributed by atoms with Gasteiger partial charge in [-0.3, -0.25) is 0 Å². The van der Waals surface area contributed by atoms with Crippen LogP contribution >= 0.6 is 11.6 Å². The maximum atomic E-state index is 11.2. The Bertz CT molecular complexity index is 493. The lowest BCUT2D eigenvalue weighted by Gasteiger charge is -2.03. The Hall–Kier alpha value is -1.07. The van der Waals surface area contributed by atoms with Crippen LogP contribution in [-0.2, 0) is 14.6 Å². The van der Waals surface area contributed by atoms with Gasteiger partial charge in [-0.15, -0.1) is 0 Å². The van der Waals surface area contributed by atoms with Gasteiger partial charge in [0.05, 0.1) is 17.6 Å². The molecule has 82 valence electrons. The summed E-state index contributed by atoms with van der Waals surface area (Å²) < 4.78 is 26.9. The van der Waals surface area contributed by atoms with Crippen molar-refractivity contribution in [1.82, 2.24) is 0 Å². The Balaban J connectivity index is 3.35. The van der Waals surface area contributed by atoms with E-state index in [0.29, 0.717) is 0 Å². The Morgan fingerprint density at radius 1 is 1.33 bits per heavy atom. The van der Waals surface area contributed by atoms with E-state index >= 15 is 0 Å². The molecular formula is C9H9ClO4S. The topological polar surface area (TPSA) is 60.4 Å². The van der Waals surface area contributed by atoms with Gasteiger partial charge >= 0.3 is 5.97 Å². The molecule has 0 aromatic heterocycles. The first-order valence-electron chi connectivity index (χ1n) is 3.93. The van der Waals surface area contributed by atoms with Gasteiger partial charge in [-0.1, -0.05) is 11.6 Å². The molecule has 6 heteroatoms. The smallest absolute Gasteiger partial charge is 0.337 e. The molecule has 15 heavy (non-hydrogen) atoms. The number of carbonyl (C=O) groups excluding carboxylic acids is 1. The molecule has 0 saturated heterocycles. The van der Waals surface area contributed by atoms with Gasteiger partial charge < -0.3 is 4.74 Å². The molecule has 4 nitrogen and oxygen atoms in total. The molecule has 0 amide bonds. The highest BCUT2D eigenvalue weighted by Gasteiger charge is 2.13. The summed E-state index contributed by atoms with van der Waals surface area (Å²) in [5.41, 5.74) is 0.116. The first-order chi connectivity index (χ1) is 6.84. The summed E-state index contributed by atoms with van der Waals surface area (Å²) in [4.78, 5) is 11.2. The fourth-order valence-corrected chi connectivity index (χ4v) is 1.99. The molecule has 1 aromatic rings. The standard InChI is InChI=1S/C9H9ClO4S/c1-14-9(11)6-3-7(10)5-8(4-6)15(2,12)13/h3-5H,1-2H3. The zero-order valence-corrected chi connectivity index (χ0v) is 9.72. The fourth-order valence-electron chi connectivity index (χ4n) is 1.01. The maximum absolute atomic E-state index is 11.2. The average Bonchev–Trinajstić information content (AvgIpc) is 2.14. The highest BCUT2D eigenvalue weighted by molar-refractivity contribution is 7.90. The van der Waals surface area contributed by atoms with Crippen LogP contribution < -0.4 is 0 Å². The monoisotopic (exact) mass is 248 g/mol. The molecule has 0 spiro atoms. The molecule has 0 aliphatic carbocycles. The lowest BCUT2D eigenvalue weighted by molar-refractivity contribution is 0.0600. The summed E-state index contributed by atoms with van der Waals surface area (Å²) in [7, 11) is -2.17. The van der Waals surface area contributed by atoms with E-state index in [0.717, 1.165) is 6.26 Å². The van der Waals surface area contributed by atoms with Gasteiger partial charge in [-0.05, 0) is 18.2 Å². The van der Waals surface area contributed by atoms with Gasteiger partial charge in [-0.25, -0.2) is 13.2 Å². The molecule has 0 fully saturated rings. The van der Waals surface area contributed by atoms with Gasteiger partial charge in [0.2, 0.25) is 0 Å². The first-order valence-corrected chi connectivity index (χ1v) is 6.20. The molecule has 0 atom stereocenters. The third kappa shape index (κ3) is 2.94. The molecule has 0 saturated carbocycles. The second-order valence-electron chi connectivity index (χ2n) is 2.94. The van der Waals surface area contributed by atoms with Crippen molar-refractivity contribution in [2.45, 2.75) is 4.90 Å². The molecule has 0 aliphatic heterocycles. The number of benzene rings is 1. The van der Waals surface area contributed by atoms with E-state index in [4.69, 9.17) is 11.6 Å². The van der Waals surface area contributed by atoms with E-state index in [-0.39, 0.29) is 15.5 Å². The predicted octanol–water partition coefficient (Wildman–Crippen LogP) is 1.53. The number of methoxy groups -OCH3 is 1. The fraction of sp³-hybridized carbons (Fsp3) is 0.222. The summed E-state index contributed by atoms with van der Waals surface area (Å²) in [5, 5.41) is 0.179. The van der Waals surface area contributed by atoms with Gasteiger partial charge in [0.1, 0.15) is 0 Å². The Morgan fingerprint density at radius 2 is 1.93 bits per heavy atom. The van der Waals surface area contributed by atoms with Crippen LogP contribution in [0.15, 0.2) is 23.1 Å². The molecule has 0 aliphatic rings. The van der Waals surface area contributed by atoms with Crippen molar-refractivity contribution in [3.8, 4) is 0 Å². The van der Waals surface area contributed by atoms with Crippen molar-refractivity contribution in [3.63, 3.8) is 0 Å². The lowest BCUT2D eigenvalue weighted by Crippen LogP contribution is -2.04. The summed E-state index contributed by atoms with van der Waals surface area (Å²) in [5.74, 6) is -0.623. The van der Waals surface area contributed by atoms with Crippen molar-refractivity contribution in [2.24, 2.45) is 0 Å². The number of halogens is 1. The van der Waals surface area contributed by atoms with E-state index < -0.39 is 15.8 Å². The van der Waals surface area contributed by atoms with Crippen molar-refractivity contribution < 1.29 is 17.9 Å². The number of hydrogen-bond acceptors (Lipinski definition) is 4. The van der Waals surface area contributed by atoms with Gasteiger partial charge in [0.25, 0.3) is 0 Å². The minimum absolute atomic E-state index is 0.00426. The third-order valence-corrected chi connectivity index (χ3v) is 3.03. The Kier molecular flexibility index (Phi) is 3.36. The van der Waals surface area contributed by atoms with E-state index in [1.807, 2.05) is 0 Å². The maximum Gasteiger partial charge on any atom is 0.337 e. The van der Waals surface area contributed by atoms with Crippen LogP contribution in [0, 0.1) is 0 Å². The summed E-state index contributed by atoms with van der Waals surface area (Å²) in [6, 6.07) is 3.86. The van der Waals surface area contributed by atoms with Crippen molar-refractivity contribution in [1.29, 1.82) is 0 Å². The molecule has 0 unspecified atom stereocenters. The minimum atomic E-state index is -3.38. The third-order valence-electron chi connectivity index (χ3n) is 1.72. The number of esters is 1. The van der Waals surface area contributed by atoms with Crippen LogP contribution in [0.25, 0.3) is 0 Å². The number of carbonyl (C=O) groups is 1. The molecule has 0 heterocycles. The van der Waals surface area contributed by atoms with Crippen LogP contribution in [-0.4, -0.2) is 27.8 Å². The molecular weight excluding hydrogens is 240 g/mol. The zero-order valence-electron chi connectivity index (χ0n) is 8.15. The largest absolute Gasteiger partial charge is 0.465 e.